The summed E-state index contributed by atoms with van der Waals surface area (Å²) < 4.78 is 5.51. The van der Waals surface area contributed by atoms with Crippen LogP contribution < -0.4 is 4.74 Å². The summed E-state index contributed by atoms with van der Waals surface area (Å²) in [5, 5.41) is 20.1. The topological polar surface area (TPSA) is 85.5 Å². The second-order valence-electron chi connectivity index (χ2n) is 4.18. The molecule has 2 aromatic rings. The highest BCUT2D eigenvalue weighted by Gasteiger charge is 2.11. The van der Waals surface area contributed by atoms with E-state index in [9.17, 15) is 15.2 Å². The molecule has 1 N–H and O–H groups in total. The van der Waals surface area contributed by atoms with Crippen molar-refractivity contribution in [3.63, 3.8) is 0 Å². The normalized spacial score (nSPS) is 10.2. The number of pyridine rings is 1. The zero-order valence-electron chi connectivity index (χ0n) is 10.5. The molecule has 0 atom stereocenters. The standard InChI is InChI=1S/C13H12N2O4/c1-8-3-11(16)6-12(4-8)19-13-9(2)5-10(7-14-13)15(17)18/h3-7,16H,1-2H3. The molecule has 0 amide bonds. The van der Waals surface area contributed by atoms with Crippen molar-refractivity contribution in [1.82, 2.24) is 4.98 Å². The number of hydrogen-bond donors (Lipinski definition) is 1. The minimum absolute atomic E-state index is 0.0862. The zero-order chi connectivity index (χ0) is 14.0. The lowest BCUT2D eigenvalue weighted by Crippen LogP contribution is -1.95. The van der Waals surface area contributed by atoms with Gasteiger partial charge in [-0.15, -0.1) is 0 Å². The maximum atomic E-state index is 10.6. The largest absolute Gasteiger partial charge is 0.508 e. The van der Waals surface area contributed by atoms with Crippen LogP contribution in [0.3, 0.4) is 0 Å². The predicted molar refractivity (Wildman–Crippen MR) is 68.5 cm³/mol. The summed E-state index contributed by atoms with van der Waals surface area (Å²) in [5.74, 6) is 0.798. The number of nitrogens with zero attached hydrogens (tertiary/aromatic N) is 2. The van der Waals surface area contributed by atoms with Crippen LogP contribution in [0, 0.1) is 24.0 Å². The van der Waals surface area contributed by atoms with E-state index in [1.807, 2.05) is 6.92 Å². The number of rotatable bonds is 3. The van der Waals surface area contributed by atoms with Gasteiger partial charge < -0.3 is 9.84 Å². The maximum absolute atomic E-state index is 10.6. The fraction of sp³-hybridized carbons (Fsp3) is 0.154. The lowest BCUT2D eigenvalue weighted by atomic mass is 10.2. The van der Waals surface area contributed by atoms with E-state index in [0.717, 1.165) is 11.8 Å². The van der Waals surface area contributed by atoms with Gasteiger partial charge in [0.05, 0.1) is 4.92 Å². The number of phenolic OH excluding ortho intramolecular Hbond substituents is 1. The Balaban J connectivity index is 2.30. The Hall–Kier alpha value is -2.63. The van der Waals surface area contributed by atoms with Gasteiger partial charge in [0, 0.05) is 17.7 Å². The van der Waals surface area contributed by atoms with Gasteiger partial charge in [-0.2, -0.15) is 0 Å². The van der Waals surface area contributed by atoms with Crippen molar-refractivity contribution in [3.8, 4) is 17.4 Å². The van der Waals surface area contributed by atoms with E-state index in [4.69, 9.17) is 4.74 Å². The molecular weight excluding hydrogens is 248 g/mol. The minimum atomic E-state index is -0.512. The number of aromatic nitrogens is 1. The monoisotopic (exact) mass is 260 g/mol. The average Bonchev–Trinajstić information content (AvgIpc) is 2.30. The van der Waals surface area contributed by atoms with E-state index in [2.05, 4.69) is 4.98 Å². The van der Waals surface area contributed by atoms with Crippen molar-refractivity contribution < 1.29 is 14.8 Å². The van der Waals surface area contributed by atoms with Crippen LogP contribution in [0.2, 0.25) is 0 Å². The first-order chi connectivity index (χ1) is 8.95. The molecule has 0 bridgehead atoms. The molecule has 6 heteroatoms. The molecule has 2 rings (SSSR count). The number of benzene rings is 1. The highest BCUT2D eigenvalue weighted by atomic mass is 16.6. The Kier molecular flexibility index (Phi) is 3.33. The first-order valence-corrected chi connectivity index (χ1v) is 5.55. The van der Waals surface area contributed by atoms with Gasteiger partial charge in [0.25, 0.3) is 5.69 Å². The zero-order valence-corrected chi connectivity index (χ0v) is 10.5. The van der Waals surface area contributed by atoms with Gasteiger partial charge in [0.15, 0.2) is 0 Å². The van der Waals surface area contributed by atoms with Gasteiger partial charge in [-0.05, 0) is 31.5 Å². The van der Waals surface area contributed by atoms with Crippen LogP contribution in [0.15, 0.2) is 30.5 Å². The van der Waals surface area contributed by atoms with E-state index in [-0.39, 0.29) is 17.3 Å². The molecule has 0 aliphatic heterocycles. The Labute approximate surface area is 109 Å². The van der Waals surface area contributed by atoms with Crippen LogP contribution in [0.5, 0.6) is 17.4 Å². The molecule has 6 nitrogen and oxygen atoms in total. The van der Waals surface area contributed by atoms with Crippen molar-refractivity contribution in [1.29, 1.82) is 0 Å². The molecule has 1 aromatic carbocycles. The third-order valence-electron chi connectivity index (χ3n) is 2.48. The second kappa shape index (κ2) is 4.93. The van der Waals surface area contributed by atoms with E-state index < -0.39 is 4.92 Å². The molecule has 19 heavy (non-hydrogen) atoms. The number of aryl methyl sites for hydroxylation is 2. The molecule has 0 aliphatic rings. The molecule has 0 fully saturated rings. The summed E-state index contributed by atoms with van der Waals surface area (Å²) in [4.78, 5) is 14.0. The van der Waals surface area contributed by atoms with E-state index >= 15 is 0 Å². The van der Waals surface area contributed by atoms with Gasteiger partial charge in [-0.25, -0.2) is 4.98 Å². The van der Waals surface area contributed by atoms with E-state index in [0.29, 0.717) is 11.3 Å². The molecule has 0 unspecified atom stereocenters. The summed E-state index contributed by atoms with van der Waals surface area (Å²) in [6, 6.07) is 6.18. The number of hydrogen-bond acceptors (Lipinski definition) is 5. The lowest BCUT2D eigenvalue weighted by molar-refractivity contribution is -0.385. The Morgan fingerprint density at radius 3 is 2.58 bits per heavy atom. The predicted octanol–water partition coefficient (Wildman–Crippen LogP) is 3.10. The molecular formula is C13H12N2O4. The summed E-state index contributed by atoms with van der Waals surface area (Å²) >= 11 is 0. The van der Waals surface area contributed by atoms with Crippen LogP contribution in [-0.4, -0.2) is 15.0 Å². The van der Waals surface area contributed by atoms with Crippen LogP contribution in [0.1, 0.15) is 11.1 Å². The van der Waals surface area contributed by atoms with Crippen molar-refractivity contribution in [3.05, 3.63) is 51.7 Å². The van der Waals surface area contributed by atoms with Crippen molar-refractivity contribution >= 4 is 5.69 Å². The Morgan fingerprint density at radius 2 is 2.00 bits per heavy atom. The number of nitro groups is 1. The first kappa shape index (κ1) is 12.8. The average molecular weight is 260 g/mol. The van der Waals surface area contributed by atoms with Crippen LogP contribution in [0.25, 0.3) is 0 Å². The van der Waals surface area contributed by atoms with Gasteiger partial charge in [-0.3, -0.25) is 10.1 Å². The summed E-state index contributed by atoms with van der Waals surface area (Å²) in [7, 11) is 0. The highest BCUT2D eigenvalue weighted by Crippen LogP contribution is 2.28. The van der Waals surface area contributed by atoms with Gasteiger partial charge in [-0.1, -0.05) is 0 Å². The van der Waals surface area contributed by atoms with Crippen LogP contribution in [0.4, 0.5) is 5.69 Å². The van der Waals surface area contributed by atoms with E-state index in [1.165, 1.54) is 12.1 Å². The van der Waals surface area contributed by atoms with Crippen molar-refractivity contribution in [2.75, 3.05) is 0 Å². The smallest absolute Gasteiger partial charge is 0.288 e. The third-order valence-corrected chi connectivity index (χ3v) is 2.48. The molecule has 0 aliphatic carbocycles. The van der Waals surface area contributed by atoms with E-state index in [1.54, 1.807) is 19.1 Å². The molecule has 1 heterocycles. The number of phenols is 1. The highest BCUT2D eigenvalue weighted by molar-refractivity contribution is 5.42. The third kappa shape index (κ3) is 2.98. The minimum Gasteiger partial charge on any atom is -0.508 e. The summed E-state index contributed by atoms with van der Waals surface area (Å²) in [6.07, 6.45) is 1.14. The van der Waals surface area contributed by atoms with Gasteiger partial charge in [0.2, 0.25) is 5.88 Å². The molecule has 0 saturated carbocycles. The molecule has 0 spiro atoms. The SMILES string of the molecule is Cc1cc(O)cc(Oc2ncc([N+](=O)[O-])cc2C)c1. The van der Waals surface area contributed by atoms with Crippen LogP contribution in [-0.2, 0) is 0 Å². The molecule has 0 saturated heterocycles. The van der Waals surface area contributed by atoms with Crippen molar-refractivity contribution in [2.24, 2.45) is 0 Å². The maximum Gasteiger partial charge on any atom is 0.288 e. The molecule has 98 valence electrons. The quantitative estimate of drug-likeness (QED) is 0.677. The number of ether oxygens (including phenoxy) is 1. The van der Waals surface area contributed by atoms with Crippen LogP contribution >= 0.6 is 0 Å². The molecule has 1 aromatic heterocycles. The lowest BCUT2D eigenvalue weighted by Gasteiger charge is -2.08. The van der Waals surface area contributed by atoms with Gasteiger partial charge >= 0.3 is 0 Å². The summed E-state index contributed by atoms with van der Waals surface area (Å²) in [6.45, 7) is 3.49. The first-order valence-electron chi connectivity index (χ1n) is 5.55. The van der Waals surface area contributed by atoms with Gasteiger partial charge in [0.1, 0.15) is 17.7 Å². The summed E-state index contributed by atoms with van der Waals surface area (Å²) in [5.41, 5.74) is 1.31. The fourth-order valence-corrected chi connectivity index (χ4v) is 1.65. The Morgan fingerprint density at radius 1 is 1.26 bits per heavy atom. The fourth-order valence-electron chi connectivity index (χ4n) is 1.65. The van der Waals surface area contributed by atoms with Crippen molar-refractivity contribution in [2.45, 2.75) is 13.8 Å². The number of aromatic hydroxyl groups is 1. The Bertz CT molecular complexity index is 620. The second-order valence-corrected chi connectivity index (χ2v) is 4.18. The molecule has 0 radical (unpaired) electrons.